The van der Waals surface area contributed by atoms with Crippen LogP contribution in [0.3, 0.4) is 0 Å². The van der Waals surface area contributed by atoms with Crippen molar-refractivity contribution in [2.75, 3.05) is 23.9 Å². The summed E-state index contributed by atoms with van der Waals surface area (Å²) < 4.78 is 5.14. The lowest BCUT2D eigenvalue weighted by atomic mass is 10.0. The van der Waals surface area contributed by atoms with Crippen molar-refractivity contribution in [3.63, 3.8) is 0 Å². The van der Waals surface area contributed by atoms with E-state index in [-0.39, 0.29) is 24.8 Å². The predicted molar refractivity (Wildman–Crippen MR) is 132 cm³/mol. The summed E-state index contributed by atoms with van der Waals surface area (Å²) in [6.07, 6.45) is 1.04. The number of hydrogen-bond acceptors (Lipinski definition) is 4. The van der Waals surface area contributed by atoms with Crippen LogP contribution >= 0.6 is 11.6 Å². The monoisotopic (exact) mass is 461 g/mol. The zero-order valence-electron chi connectivity index (χ0n) is 18.5. The van der Waals surface area contributed by atoms with Gasteiger partial charge in [0.25, 0.3) is 0 Å². The highest BCUT2D eigenvalue weighted by atomic mass is 35.5. The molecule has 6 nitrogen and oxygen atoms in total. The van der Waals surface area contributed by atoms with Gasteiger partial charge >= 0.3 is 0 Å². The third kappa shape index (κ3) is 5.07. The van der Waals surface area contributed by atoms with Gasteiger partial charge in [0.2, 0.25) is 11.8 Å². The molecule has 0 fully saturated rings. The van der Waals surface area contributed by atoms with Gasteiger partial charge in [0.15, 0.2) is 0 Å². The highest BCUT2D eigenvalue weighted by Gasteiger charge is 2.26. The fourth-order valence-electron chi connectivity index (χ4n) is 3.71. The summed E-state index contributed by atoms with van der Waals surface area (Å²) in [5.74, 6) is -0.0146. The number of rotatable bonds is 6. The molecule has 3 aromatic carbocycles. The highest BCUT2D eigenvalue weighted by Crippen LogP contribution is 2.33. The maximum atomic E-state index is 13.2. The van der Waals surface area contributed by atoms with Gasteiger partial charge in [-0.3, -0.25) is 14.6 Å². The van der Waals surface area contributed by atoms with E-state index in [9.17, 15) is 9.59 Å². The van der Waals surface area contributed by atoms with Crippen molar-refractivity contribution in [2.45, 2.75) is 19.8 Å². The van der Waals surface area contributed by atoms with Crippen molar-refractivity contribution in [1.29, 1.82) is 0 Å². The summed E-state index contributed by atoms with van der Waals surface area (Å²) in [5, 5.41) is 3.19. The molecule has 7 heteroatoms. The Balaban J connectivity index is 1.57. The van der Waals surface area contributed by atoms with Crippen molar-refractivity contribution >= 4 is 46.2 Å². The minimum absolute atomic E-state index is 0.0990. The highest BCUT2D eigenvalue weighted by molar-refractivity contribution is 6.32. The van der Waals surface area contributed by atoms with Crippen molar-refractivity contribution in [3.05, 3.63) is 82.9 Å². The number of amides is 2. The van der Waals surface area contributed by atoms with Gasteiger partial charge in [-0.15, -0.1) is 0 Å². The maximum Gasteiger partial charge on any atom is 0.244 e. The van der Waals surface area contributed by atoms with E-state index in [1.807, 2.05) is 42.5 Å². The lowest BCUT2D eigenvalue weighted by molar-refractivity contribution is -0.120. The smallest absolute Gasteiger partial charge is 0.244 e. The van der Waals surface area contributed by atoms with Gasteiger partial charge in [-0.25, -0.2) is 0 Å². The predicted octanol–water partition coefficient (Wildman–Crippen LogP) is 5.41. The molecule has 0 spiro atoms. The normalized spacial score (nSPS) is 13.1. The number of benzene rings is 3. The van der Waals surface area contributed by atoms with Gasteiger partial charge in [0.05, 0.1) is 35.6 Å². The van der Waals surface area contributed by atoms with Crippen LogP contribution in [0, 0.1) is 0 Å². The number of halogens is 1. The Kier molecular flexibility index (Phi) is 6.75. The van der Waals surface area contributed by atoms with Crippen LogP contribution in [0.4, 0.5) is 17.1 Å². The summed E-state index contributed by atoms with van der Waals surface area (Å²) >= 11 is 6.15. The number of para-hydroxylation sites is 2. The largest absolute Gasteiger partial charge is 0.495 e. The zero-order valence-corrected chi connectivity index (χ0v) is 19.2. The summed E-state index contributed by atoms with van der Waals surface area (Å²) in [4.78, 5) is 32.3. The Hall–Kier alpha value is -3.64. The average Bonchev–Trinajstić information content (AvgIpc) is 2.96. The number of methoxy groups -OCH3 is 1. The molecule has 168 valence electrons. The number of fused-ring (bicyclic) bond motifs is 1. The van der Waals surface area contributed by atoms with E-state index in [0.29, 0.717) is 33.5 Å². The van der Waals surface area contributed by atoms with Crippen LogP contribution in [0.5, 0.6) is 5.75 Å². The molecular formula is C26H24ClN3O3. The van der Waals surface area contributed by atoms with Crippen molar-refractivity contribution < 1.29 is 14.3 Å². The summed E-state index contributed by atoms with van der Waals surface area (Å²) in [6, 6.07) is 20.4. The number of nitrogens with one attached hydrogen (secondary N) is 1. The molecule has 1 aliphatic heterocycles. The first-order valence-electron chi connectivity index (χ1n) is 10.7. The third-order valence-electron chi connectivity index (χ3n) is 5.48. The van der Waals surface area contributed by atoms with E-state index in [0.717, 1.165) is 12.0 Å². The topological polar surface area (TPSA) is 71.0 Å². The Bertz CT molecular complexity index is 1220. The number of carbonyl (C=O) groups is 2. The molecule has 33 heavy (non-hydrogen) atoms. The number of hydrogen-bond donors (Lipinski definition) is 1. The molecule has 0 saturated heterocycles. The Labute approximate surface area is 197 Å². The number of carbonyl (C=O) groups excluding carboxylic acids is 2. The zero-order chi connectivity index (χ0) is 23.4. The lowest BCUT2D eigenvalue weighted by Gasteiger charge is -2.22. The first-order chi connectivity index (χ1) is 16.0. The van der Waals surface area contributed by atoms with Gasteiger partial charge in [0, 0.05) is 5.69 Å². The molecule has 1 heterocycles. The van der Waals surface area contributed by atoms with Gasteiger partial charge in [0.1, 0.15) is 12.3 Å². The summed E-state index contributed by atoms with van der Waals surface area (Å²) in [5.41, 5.74) is 4.57. The van der Waals surface area contributed by atoms with E-state index in [1.165, 1.54) is 17.6 Å². The minimum atomic E-state index is -0.338. The Morgan fingerprint density at radius 1 is 1.12 bits per heavy atom. The molecule has 1 aliphatic rings. The van der Waals surface area contributed by atoms with Crippen LogP contribution in [0.25, 0.3) is 0 Å². The second kappa shape index (κ2) is 9.88. The average molecular weight is 462 g/mol. The molecule has 0 aliphatic carbocycles. The molecular weight excluding hydrogens is 438 g/mol. The van der Waals surface area contributed by atoms with E-state index in [2.05, 4.69) is 12.2 Å². The molecule has 0 saturated carbocycles. The fourth-order valence-corrected chi connectivity index (χ4v) is 3.96. The van der Waals surface area contributed by atoms with Gasteiger partial charge in [-0.2, -0.15) is 0 Å². The SMILES string of the molecule is CCc1ccc(C2=Nc3ccccc3N(CC(=O)Nc3ccc(OC)c(Cl)c3)C(=O)C2)cc1. The van der Waals surface area contributed by atoms with Gasteiger partial charge in [-0.1, -0.05) is 54.9 Å². The van der Waals surface area contributed by atoms with Crippen LogP contribution in [0.15, 0.2) is 71.7 Å². The molecule has 1 N–H and O–H groups in total. The fraction of sp³-hybridized carbons (Fsp3) is 0.192. The third-order valence-corrected chi connectivity index (χ3v) is 5.78. The van der Waals surface area contributed by atoms with Crippen LogP contribution in [-0.2, 0) is 16.0 Å². The molecule has 0 unspecified atom stereocenters. The van der Waals surface area contributed by atoms with E-state index in [1.54, 1.807) is 24.3 Å². The molecule has 3 aromatic rings. The molecule has 0 aromatic heterocycles. The van der Waals surface area contributed by atoms with Crippen LogP contribution in [0.2, 0.25) is 5.02 Å². The summed E-state index contributed by atoms with van der Waals surface area (Å²) in [6.45, 7) is 1.96. The Morgan fingerprint density at radius 3 is 2.58 bits per heavy atom. The molecule has 0 atom stereocenters. The number of nitrogens with zero attached hydrogens (tertiary/aromatic N) is 2. The van der Waals surface area contributed by atoms with E-state index < -0.39 is 0 Å². The van der Waals surface area contributed by atoms with E-state index in [4.69, 9.17) is 21.3 Å². The van der Waals surface area contributed by atoms with Gasteiger partial charge in [-0.05, 0) is 47.9 Å². The van der Waals surface area contributed by atoms with E-state index >= 15 is 0 Å². The second-order valence-electron chi connectivity index (χ2n) is 7.65. The number of aliphatic imine (C=N–C) groups is 1. The molecule has 4 rings (SSSR count). The van der Waals surface area contributed by atoms with Crippen molar-refractivity contribution in [1.82, 2.24) is 0 Å². The first kappa shape index (κ1) is 22.6. The van der Waals surface area contributed by atoms with Crippen LogP contribution in [-0.4, -0.2) is 31.2 Å². The maximum absolute atomic E-state index is 13.2. The van der Waals surface area contributed by atoms with Crippen molar-refractivity contribution in [2.24, 2.45) is 4.99 Å². The van der Waals surface area contributed by atoms with Gasteiger partial charge < -0.3 is 15.0 Å². The lowest BCUT2D eigenvalue weighted by Crippen LogP contribution is -2.38. The van der Waals surface area contributed by atoms with Crippen molar-refractivity contribution in [3.8, 4) is 5.75 Å². The van der Waals surface area contributed by atoms with Crippen LogP contribution in [0.1, 0.15) is 24.5 Å². The number of anilines is 2. The number of ether oxygens (including phenoxy) is 1. The molecule has 2 amide bonds. The first-order valence-corrected chi connectivity index (χ1v) is 11.1. The number of aryl methyl sites for hydroxylation is 1. The molecule has 0 bridgehead atoms. The standard InChI is InChI=1S/C26H24ClN3O3/c1-3-17-8-10-18(11-9-17)22-15-26(32)30(23-7-5-4-6-21(23)29-22)16-25(31)28-19-12-13-24(33-2)20(27)14-19/h4-14H,3,15-16H2,1-2H3,(H,28,31). The minimum Gasteiger partial charge on any atom is -0.495 e. The summed E-state index contributed by atoms with van der Waals surface area (Å²) in [7, 11) is 1.52. The quantitative estimate of drug-likeness (QED) is 0.533. The second-order valence-corrected chi connectivity index (χ2v) is 8.06. The molecule has 0 radical (unpaired) electrons. The Morgan fingerprint density at radius 2 is 1.88 bits per heavy atom. The van der Waals surface area contributed by atoms with Crippen LogP contribution < -0.4 is 15.0 Å².